The Morgan fingerprint density at radius 1 is 1.00 bits per heavy atom. The molecule has 144 valence electrons. The molecule has 2 rings (SSSR count). The van der Waals surface area contributed by atoms with Crippen LogP contribution in [0, 0.1) is 11.6 Å². The molecule has 2 aromatic rings. The number of sulfone groups is 1. The Morgan fingerprint density at radius 3 is 2.15 bits per heavy atom. The summed E-state index contributed by atoms with van der Waals surface area (Å²) >= 11 is 0. The normalized spacial score (nSPS) is 12.4. The van der Waals surface area contributed by atoms with Crippen LogP contribution in [0.1, 0.15) is 12.0 Å². The summed E-state index contributed by atoms with van der Waals surface area (Å²) in [6.45, 7) is 0. The van der Waals surface area contributed by atoms with E-state index in [1.54, 1.807) is 6.07 Å². The minimum Gasteiger partial charge on any atom is -0.480 e. The van der Waals surface area contributed by atoms with Crippen molar-refractivity contribution >= 4 is 21.7 Å². The van der Waals surface area contributed by atoms with Crippen LogP contribution in [0.2, 0.25) is 0 Å². The highest BCUT2D eigenvalue weighted by molar-refractivity contribution is 7.91. The average Bonchev–Trinajstić information content (AvgIpc) is 2.62. The third-order valence-electron chi connectivity index (χ3n) is 3.81. The van der Waals surface area contributed by atoms with Gasteiger partial charge in [0.1, 0.15) is 17.7 Å². The maximum absolute atomic E-state index is 13.6. The van der Waals surface area contributed by atoms with Crippen molar-refractivity contribution in [2.45, 2.75) is 23.8 Å². The number of carboxylic acid groups (broad SMARTS) is 1. The first-order chi connectivity index (χ1) is 12.7. The summed E-state index contributed by atoms with van der Waals surface area (Å²) in [5.41, 5.74) is -0.490. The largest absolute Gasteiger partial charge is 0.480 e. The zero-order valence-electron chi connectivity index (χ0n) is 14.1. The first-order valence-electron chi connectivity index (χ1n) is 7.93. The monoisotopic (exact) mass is 397 g/mol. The minimum atomic E-state index is -3.73. The van der Waals surface area contributed by atoms with E-state index >= 15 is 0 Å². The molecule has 0 aliphatic heterocycles. The van der Waals surface area contributed by atoms with Crippen LogP contribution in [0.4, 0.5) is 8.78 Å². The van der Waals surface area contributed by atoms with Gasteiger partial charge in [0.15, 0.2) is 9.84 Å². The molecule has 0 spiro atoms. The van der Waals surface area contributed by atoms with Crippen LogP contribution in [0.15, 0.2) is 53.4 Å². The molecule has 2 aromatic carbocycles. The zero-order chi connectivity index (χ0) is 20.0. The van der Waals surface area contributed by atoms with Gasteiger partial charge in [-0.05, 0) is 30.7 Å². The molecule has 0 radical (unpaired) electrons. The number of nitrogens with one attached hydrogen (secondary N) is 1. The van der Waals surface area contributed by atoms with Crippen LogP contribution < -0.4 is 5.32 Å². The Kier molecular flexibility index (Phi) is 6.62. The molecule has 0 aromatic heterocycles. The Bertz CT molecular complexity index is 912. The van der Waals surface area contributed by atoms with Gasteiger partial charge < -0.3 is 10.4 Å². The number of hydrogen-bond donors (Lipinski definition) is 2. The number of hydrogen-bond acceptors (Lipinski definition) is 4. The fraction of sp³-hybridized carbons (Fsp3) is 0.222. The zero-order valence-corrected chi connectivity index (χ0v) is 14.9. The summed E-state index contributed by atoms with van der Waals surface area (Å²) in [4.78, 5) is 23.3. The van der Waals surface area contributed by atoms with E-state index in [2.05, 4.69) is 5.32 Å². The molecule has 0 fully saturated rings. The van der Waals surface area contributed by atoms with Crippen molar-refractivity contribution in [1.29, 1.82) is 0 Å². The first-order valence-corrected chi connectivity index (χ1v) is 9.59. The van der Waals surface area contributed by atoms with E-state index in [0.29, 0.717) is 0 Å². The number of amides is 1. The van der Waals surface area contributed by atoms with Crippen LogP contribution in [-0.4, -0.2) is 37.2 Å². The van der Waals surface area contributed by atoms with E-state index in [1.807, 2.05) is 0 Å². The number of carboxylic acids is 1. The molecule has 0 unspecified atom stereocenters. The fourth-order valence-corrected chi connectivity index (χ4v) is 3.74. The highest BCUT2D eigenvalue weighted by atomic mass is 32.2. The summed E-state index contributed by atoms with van der Waals surface area (Å²) in [5.74, 6) is -4.74. The summed E-state index contributed by atoms with van der Waals surface area (Å²) in [6.07, 6.45) is -1.09. The van der Waals surface area contributed by atoms with Gasteiger partial charge in [-0.3, -0.25) is 4.79 Å². The Morgan fingerprint density at radius 2 is 1.59 bits per heavy atom. The number of carbonyl (C=O) groups is 2. The van der Waals surface area contributed by atoms with Gasteiger partial charge in [0.2, 0.25) is 5.91 Å². The number of halogens is 2. The highest BCUT2D eigenvalue weighted by Gasteiger charge is 2.25. The van der Waals surface area contributed by atoms with Gasteiger partial charge in [0, 0.05) is 5.56 Å². The number of rotatable bonds is 8. The molecule has 1 atom stereocenters. The Labute approximate surface area is 154 Å². The topological polar surface area (TPSA) is 101 Å². The second-order valence-electron chi connectivity index (χ2n) is 5.76. The molecule has 0 saturated heterocycles. The summed E-state index contributed by atoms with van der Waals surface area (Å²) in [7, 11) is -3.73. The summed E-state index contributed by atoms with van der Waals surface area (Å²) in [5, 5.41) is 11.3. The first kappa shape index (κ1) is 20.5. The second-order valence-corrected chi connectivity index (χ2v) is 7.87. The van der Waals surface area contributed by atoms with E-state index in [-0.39, 0.29) is 4.90 Å². The van der Waals surface area contributed by atoms with Crippen LogP contribution in [0.3, 0.4) is 0 Å². The molecule has 27 heavy (non-hydrogen) atoms. The lowest BCUT2D eigenvalue weighted by Crippen LogP contribution is -2.42. The molecule has 2 N–H and O–H groups in total. The number of aliphatic carboxylic acids is 1. The van der Waals surface area contributed by atoms with E-state index in [1.165, 1.54) is 24.3 Å². The quantitative estimate of drug-likeness (QED) is 0.709. The van der Waals surface area contributed by atoms with Crippen molar-refractivity contribution in [2.75, 3.05) is 5.75 Å². The molecule has 1 amide bonds. The van der Waals surface area contributed by atoms with E-state index < -0.39 is 63.5 Å². The van der Waals surface area contributed by atoms with Crippen molar-refractivity contribution in [3.05, 3.63) is 65.7 Å². The standard InChI is InChI=1S/C18H17F2NO5S/c19-14-7-4-8-15(20)13(14)11-17(22)21-16(18(23)24)9-10-27(25,26)12-5-2-1-3-6-12/h1-8,16H,9-11H2,(H,21,22)(H,23,24)/t16-/m1/s1. The van der Waals surface area contributed by atoms with Crippen molar-refractivity contribution in [1.82, 2.24) is 5.32 Å². The van der Waals surface area contributed by atoms with Gasteiger partial charge in [-0.1, -0.05) is 24.3 Å². The molecule has 0 saturated carbocycles. The lowest BCUT2D eigenvalue weighted by Gasteiger charge is -2.15. The van der Waals surface area contributed by atoms with Crippen LogP contribution in [0.25, 0.3) is 0 Å². The minimum absolute atomic E-state index is 0.0360. The Hall–Kier alpha value is -2.81. The van der Waals surface area contributed by atoms with Gasteiger partial charge in [-0.15, -0.1) is 0 Å². The van der Waals surface area contributed by atoms with E-state index in [4.69, 9.17) is 0 Å². The molecule has 6 nitrogen and oxygen atoms in total. The van der Waals surface area contributed by atoms with Crippen LogP contribution in [-0.2, 0) is 25.8 Å². The van der Waals surface area contributed by atoms with Gasteiger partial charge in [-0.25, -0.2) is 22.0 Å². The van der Waals surface area contributed by atoms with Crippen LogP contribution in [0.5, 0.6) is 0 Å². The van der Waals surface area contributed by atoms with Crippen molar-refractivity contribution < 1.29 is 31.9 Å². The lowest BCUT2D eigenvalue weighted by atomic mass is 10.1. The van der Waals surface area contributed by atoms with Crippen molar-refractivity contribution in [3.8, 4) is 0 Å². The average molecular weight is 397 g/mol. The van der Waals surface area contributed by atoms with E-state index in [0.717, 1.165) is 18.2 Å². The van der Waals surface area contributed by atoms with Gasteiger partial charge in [0.25, 0.3) is 0 Å². The Balaban J connectivity index is 2.03. The third-order valence-corrected chi connectivity index (χ3v) is 5.57. The maximum atomic E-state index is 13.6. The fourth-order valence-electron chi connectivity index (χ4n) is 2.38. The van der Waals surface area contributed by atoms with Crippen molar-refractivity contribution in [2.24, 2.45) is 0 Å². The third kappa shape index (κ3) is 5.58. The second kappa shape index (κ2) is 8.72. The molecule has 9 heteroatoms. The summed E-state index contributed by atoms with van der Waals surface area (Å²) < 4.78 is 51.6. The highest BCUT2D eigenvalue weighted by Crippen LogP contribution is 2.14. The molecule has 0 aliphatic carbocycles. The predicted molar refractivity (Wildman–Crippen MR) is 92.7 cm³/mol. The van der Waals surface area contributed by atoms with Gasteiger partial charge in [-0.2, -0.15) is 0 Å². The molecular formula is C18H17F2NO5S. The number of benzene rings is 2. The molecular weight excluding hydrogens is 380 g/mol. The molecule has 0 heterocycles. The molecule has 0 aliphatic rings. The van der Waals surface area contributed by atoms with E-state index in [9.17, 15) is 31.9 Å². The lowest BCUT2D eigenvalue weighted by molar-refractivity contribution is -0.141. The van der Waals surface area contributed by atoms with Gasteiger partial charge in [0.05, 0.1) is 17.1 Å². The molecule has 0 bridgehead atoms. The predicted octanol–water partition coefficient (Wildman–Crippen LogP) is 1.94. The van der Waals surface area contributed by atoms with Crippen molar-refractivity contribution in [3.63, 3.8) is 0 Å². The summed E-state index contributed by atoms with van der Waals surface area (Å²) in [6, 6.07) is 9.06. The van der Waals surface area contributed by atoms with Crippen LogP contribution >= 0.6 is 0 Å². The van der Waals surface area contributed by atoms with Gasteiger partial charge >= 0.3 is 5.97 Å². The maximum Gasteiger partial charge on any atom is 0.326 e. The smallest absolute Gasteiger partial charge is 0.326 e. The number of carbonyl (C=O) groups excluding carboxylic acids is 1. The SMILES string of the molecule is O=C(Cc1c(F)cccc1F)N[C@H](CCS(=O)(=O)c1ccccc1)C(=O)O.